The lowest BCUT2D eigenvalue weighted by molar-refractivity contribution is -0.131. The second-order valence-electron chi connectivity index (χ2n) is 7.00. The zero-order valence-corrected chi connectivity index (χ0v) is 12.1. The van der Waals surface area contributed by atoms with E-state index in [9.17, 15) is 4.79 Å². The lowest BCUT2D eigenvalue weighted by atomic mass is 9.78. The number of likely N-dealkylation sites (tertiary alicyclic amines) is 1. The maximum absolute atomic E-state index is 12.3. The summed E-state index contributed by atoms with van der Waals surface area (Å²) in [6.45, 7) is 4.34. The molecule has 3 rings (SSSR count). The Labute approximate surface area is 117 Å². The Morgan fingerprint density at radius 1 is 1.16 bits per heavy atom. The van der Waals surface area contributed by atoms with Crippen LogP contribution >= 0.6 is 0 Å². The number of amides is 1. The molecule has 1 spiro atoms. The molecule has 108 valence electrons. The van der Waals surface area contributed by atoms with Crippen molar-refractivity contribution in [2.75, 3.05) is 26.2 Å². The minimum absolute atomic E-state index is 0.433. The predicted molar refractivity (Wildman–Crippen MR) is 76.9 cm³/mol. The highest BCUT2D eigenvalue weighted by Gasteiger charge is 2.40. The lowest BCUT2D eigenvalue weighted by Crippen LogP contribution is -2.39. The smallest absolute Gasteiger partial charge is 0.222 e. The average molecular weight is 264 g/mol. The Morgan fingerprint density at radius 3 is 2.63 bits per heavy atom. The van der Waals surface area contributed by atoms with E-state index < -0.39 is 0 Å². The summed E-state index contributed by atoms with van der Waals surface area (Å²) in [4.78, 5) is 14.5. The molecule has 2 heterocycles. The SMILES string of the molecule is O=C(CCC1CCCC1)N1CCC2(CCNCC2)C1. The van der Waals surface area contributed by atoms with E-state index in [1.807, 2.05) is 0 Å². The van der Waals surface area contributed by atoms with Crippen LogP contribution in [0.3, 0.4) is 0 Å². The van der Waals surface area contributed by atoms with Gasteiger partial charge in [0.1, 0.15) is 0 Å². The monoisotopic (exact) mass is 264 g/mol. The number of carbonyl (C=O) groups excluding carboxylic acids is 1. The molecule has 2 saturated heterocycles. The van der Waals surface area contributed by atoms with Gasteiger partial charge in [0.25, 0.3) is 0 Å². The van der Waals surface area contributed by atoms with Gasteiger partial charge in [-0.15, -0.1) is 0 Å². The Kier molecular flexibility index (Phi) is 4.11. The quantitative estimate of drug-likeness (QED) is 0.849. The van der Waals surface area contributed by atoms with Crippen molar-refractivity contribution in [3.8, 4) is 0 Å². The third-order valence-electron chi connectivity index (χ3n) is 5.70. The molecule has 1 N–H and O–H groups in total. The molecule has 2 aliphatic heterocycles. The molecule has 3 aliphatic rings. The second kappa shape index (κ2) is 5.82. The Bertz CT molecular complexity index is 317. The van der Waals surface area contributed by atoms with Gasteiger partial charge in [-0.05, 0) is 50.1 Å². The van der Waals surface area contributed by atoms with Crippen molar-refractivity contribution >= 4 is 5.91 Å². The number of nitrogens with zero attached hydrogens (tertiary/aromatic N) is 1. The van der Waals surface area contributed by atoms with Crippen molar-refractivity contribution in [3.05, 3.63) is 0 Å². The number of hydrogen-bond acceptors (Lipinski definition) is 2. The van der Waals surface area contributed by atoms with E-state index in [-0.39, 0.29) is 0 Å². The number of carbonyl (C=O) groups is 1. The van der Waals surface area contributed by atoms with Crippen LogP contribution in [0.2, 0.25) is 0 Å². The molecule has 19 heavy (non-hydrogen) atoms. The normalized spacial score (nSPS) is 27.3. The van der Waals surface area contributed by atoms with Crippen molar-refractivity contribution in [1.29, 1.82) is 0 Å². The van der Waals surface area contributed by atoms with Gasteiger partial charge in [-0.2, -0.15) is 0 Å². The van der Waals surface area contributed by atoms with Gasteiger partial charge in [0.15, 0.2) is 0 Å². The fourth-order valence-electron chi connectivity index (χ4n) is 4.30. The fourth-order valence-corrected chi connectivity index (χ4v) is 4.30. The van der Waals surface area contributed by atoms with E-state index >= 15 is 0 Å². The first-order valence-electron chi connectivity index (χ1n) is 8.26. The first-order valence-corrected chi connectivity index (χ1v) is 8.26. The van der Waals surface area contributed by atoms with Gasteiger partial charge in [0.2, 0.25) is 5.91 Å². The maximum Gasteiger partial charge on any atom is 0.222 e. The van der Waals surface area contributed by atoms with Gasteiger partial charge >= 0.3 is 0 Å². The van der Waals surface area contributed by atoms with Crippen LogP contribution in [-0.2, 0) is 4.79 Å². The minimum atomic E-state index is 0.433. The molecule has 3 heteroatoms. The minimum Gasteiger partial charge on any atom is -0.342 e. The van der Waals surface area contributed by atoms with Crippen LogP contribution in [0.15, 0.2) is 0 Å². The molecule has 1 aliphatic carbocycles. The summed E-state index contributed by atoms with van der Waals surface area (Å²) < 4.78 is 0. The van der Waals surface area contributed by atoms with E-state index in [2.05, 4.69) is 10.2 Å². The zero-order chi connectivity index (χ0) is 13.1. The molecule has 3 fully saturated rings. The number of hydrogen-bond donors (Lipinski definition) is 1. The van der Waals surface area contributed by atoms with Crippen molar-refractivity contribution in [2.24, 2.45) is 11.3 Å². The van der Waals surface area contributed by atoms with E-state index in [0.717, 1.165) is 44.9 Å². The van der Waals surface area contributed by atoms with Gasteiger partial charge in [0, 0.05) is 19.5 Å². The zero-order valence-electron chi connectivity index (χ0n) is 12.1. The van der Waals surface area contributed by atoms with Crippen molar-refractivity contribution in [3.63, 3.8) is 0 Å². The molecule has 0 bridgehead atoms. The van der Waals surface area contributed by atoms with Crippen molar-refractivity contribution in [1.82, 2.24) is 10.2 Å². The lowest BCUT2D eigenvalue weighted by Gasteiger charge is -2.33. The molecule has 0 atom stereocenters. The molecule has 3 nitrogen and oxygen atoms in total. The Morgan fingerprint density at radius 2 is 1.89 bits per heavy atom. The molecule has 1 saturated carbocycles. The first kappa shape index (κ1) is 13.4. The maximum atomic E-state index is 12.3. The fraction of sp³-hybridized carbons (Fsp3) is 0.938. The van der Waals surface area contributed by atoms with E-state index in [4.69, 9.17) is 0 Å². The third-order valence-corrected chi connectivity index (χ3v) is 5.70. The predicted octanol–water partition coefficient (Wildman–Crippen LogP) is 2.56. The topological polar surface area (TPSA) is 32.3 Å². The summed E-state index contributed by atoms with van der Waals surface area (Å²) in [5, 5.41) is 3.44. The first-order chi connectivity index (χ1) is 9.27. The molecule has 0 radical (unpaired) electrons. The van der Waals surface area contributed by atoms with E-state index in [0.29, 0.717) is 11.3 Å². The van der Waals surface area contributed by atoms with Crippen molar-refractivity contribution < 1.29 is 4.79 Å². The summed E-state index contributed by atoms with van der Waals surface area (Å²) in [5.74, 6) is 1.28. The van der Waals surface area contributed by atoms with Gasteiger partial charge in [-0.3, -0.25) is 4.79 Å². The molecule has 0 aromatic heterocycles. The van der Waals surface area contributed by atoms with Crippen LogP contribution in [0.4, 0.5) is 0 Å². The highest BCUT2D eigenvalue weighted by atomic mass is 16.2. The van der Waals surface area contributed by atoms with Crippen LogP contribution in [0.5, 0.6) is 0 Å². The Hall–Kier alpha value is -0.570. The van der Waals surface area contributed by atoms with Crippen LogP contribution in [0, 0.1) is 11.3 Å². The Balaban J connectivity index is 1.45. The van der Waals surface area contributed by atoms with Crippen LogP contribution in [-0.4, -0.2) is 37.0 Å². The summed E-state index contributed by atoms with van der Waals surface area (Å²) >= 11 is 0. The van der Waals surface area contributed by atoms with Crippen LogP contribution in [0.1, 0.15) is 57.8 Å². The van der Waals surface area contributed by atoms with E-state index in [1.54, 1.807) is 0 Å². The molecule has 0 aromatic carbocycles. The number of nitrogens with one attached hydrogen (secondary N) is 1. The number of rotatable bonds is 3. The van der Waals surface area contributed by atoms with E-state index in [1.165, 1.54) is 44.9 Å². The van der Waals surface area contributed by atoms with Crippen LogP contribution < -0.4 is 5.32 Å². The van der Waals surface area contributed by atoms with Crippen LogP contribution in [0.25, 0.3) is 0 Å². The molecular weight excluding hydrogens is 236 g/mol. The molecule has 0 unspecified atom stereocenters. The second-order valence-corrected chi connectivity index (χ2v) is 7.00. The molecule has 0 aromatic rings. The highest BCUT2D eigenvalue weighted by molar-refractivity contribution is 5.76. The van der Waals surface area contributed by atoms with Gasteiger partial charge in [0.05, 0.1) is 0 Å². The standard InChI is InChI=1S/C16H28N2O/c19-15(6-5-14-3-1-2-4-14)18-12-9-16(13-18)7-10-17-11-8-16/h14,17H,1-13H2. The molecule has 1 amide bonds. The van der Waals surface area contributed by atoms with Gasteiger partial charge in [-0.1, -0.05) is 25.7 Å². The number of piperidine rings is 1. The average Bonchev–Trinajstić information content (AvgIpc) is 3.07. The summed E-state index contributed by atoms with van der Waals surface area (Å²) in [6.07, 6.45) is 11.2. The summed E-state index contributed by atoms with van der Waals surface area (Å²) in [6, 6.07) is 0. The summed E-state index contributed by atoms with van der Waals surface area (Å²) in [5.41, 5.74) is 0.467. The third kappa shape index (κ3) is 3.13. The van der Waals surface area contributed by atoms with Crippen molar-refractivity contribution in [2.45, 2.75) is 57.8 Å². The summed E-state index contributed by atoms with van der Waals surface area (Å²) in [7, 11) is 0. The highest BCUT2D eigenvalue weighted by Crippen LogP contribution is 2.39. The largest absolute Gasteiger partial charge is 0.342 e. The van der Waals surface area contributed by atoms with Gasteiger partial charge < -0.3 is 10.2 Å². The molecular formula is C16H28N2O. The van der Waals surface area contributed by atoms with Gasteiger partial charge in [-0.25, -0.2) is 0 Å².